The Morgan fingerprint density at radius 3 is 1.62 bits per heavy atom. The molecule has 3 aliphatic carbocycles. The van der Waals surface area contributed by atoms with E-state index in [0.29, 0.717) is 23.2 Å². The first kappa shape index (κ1) is 23.4. The van der Waals surface area contributed by atoms with E-state index < -0.39 is 0 Å². The molecule has 0 nitrogen and oxygen atoms in total. The maximum absolute atomic E-state index is 4.90. The Labute approximate surface area is 183 Å². The number of hydrogen-bond acceptors (Lipinski definition) is 0. The van der Waals surface area contributed by atoms with Crippen molar-refractivity contribution >= 4 is 0 Å². The summed E-state index contributed by atoms with van der Waals surface area (Å²) in [5, 5.41) is 0. The largest absolute Gasteiger partial charge is 0.0993 e. The molecule has 168 valence electrons. The third kappa shape index (κ3) is 3.20. The summed E-state index contributed by atoms with van der Waals surface area (Å²) in [5.74, 6) is 11.0. The minimum atomic E-state index is 0.380. The fraction of sp³-hybridized carbons (Fsp3) is 0.931. The standard InChI is InChI=1S/C29H52/c1-14(2)15(3)24-22(10)26-21(9)20(8)25-18(6)16(4)17(5)19(7)27(25)28(26)29(12,13)23(24)11/h14-21,23-28H,10H2,1-9,11-13H3. The third-order valence-corrected chi connectivity index (χ3v) is 12.0. The topological polar surface area (TPSA) is 0 Å². The summed E-state index contributed by atoms with van der Waals surface area (Å²) in [6.45, 7) is 35.6. The summed E-state index contributed by atoms with van der Waals surface area (Å²) in [5.41, 5.74) is 2.01. The minimum absolute atomic E-state index is 0.380. The molecule has 0 amide bonds. The lowest BCUT2D eigenvalue weighted by molar-refractivity contribution is -0.172. The molecule has 29 heavy (non-hydrogen) atoms. The van der Waals surface area contributed by atoms with Crippen LogP contribution in [0, 0.1) is 88.3 Å². The highest BCUT2D eigenvalue weighted by Crippen LogP contribution is 2.68. The fourth-order valence-electron chi connectivity index (χ4n) is 9.04. The average molecular weight is 401 g/mol. The van der Waals surface area contributed by atoms with Gasteiger partial charge in [-0.3, -0.25) is 0 Å². The van der Waals surface area contributed by atoms with E-state index >= 15 is 0 Å². The SMILES string of the molecule is C=C1C(C(C)C(C)C)C(C)C(C)(C)C2C1C(C)C(C)C1C(C)C(C)C(C)C(C)C12. The molecule has 3 saturated carbocycles. The predicted octanol–water partition coefficient (Wildman–Crippen LogP) is 8.44. The van der Waals surface area contributed by atoms with Gasteiger partial charge in [-0.05, 0) is 88.3 Å². The zero-order valence-electron chi connectivity index (χ0n) is 21.8. The van der Waals surface area contributed by atoms with Crippen LogP contribution in [0.25, 0.3) is 0 Å². The Morgan fingerprint density at radius 2 is 1.14 bits per heavy atom. The van der Waals surface area contributed by atoms with Gasteiger partial charge in [-0.2, -0.15) is 0 Å². The summed E-state index contributed by atoms with van der Waals surface area (Å²) in [6, 6.07) is 0. The van der Waals surface area contributed by atoms with E-state index in [9.17, 15) is 0 Å². The number of rotatable bonds is 2. The quantitative estimate of drug-likeness (QED) is 0.408. The maximum Gasteiger partial charge on any atom is -0.0138 e. The van der Waals surface area contributed by atoms with Gasteiger partial charge in [0, 0.05) is 0 Å². The van der Waals surface area contributed by atoms with Crippen molar-refractivity contribution in [2.75, 3.05) is 0 Å². The first-order valence-electron chi connectivity index (χ1n) is 12.9. The normalized spacial score (nSPS) is 53.3. The van der Waals surface area contributed by atoms with Crippen LogP contribution in [0.15, 0.2) is 12.2 Å². The highest BCUT2D eigenvalue weighted by molar-refractivity contribution is 5.23. The molecule has 0 spiro atoms. The van der Waals surface area contributed by atoms with Gasteiger partial charge in [0.15, 0.2) is 0 Å². The van der Waals surface area contributed by atoms with Crippen LogP contribution >= 0.6 is 0 Å². The molecule has 0 saturated heterocycles. The van der Waals surface area contributed by atoms with E-state index in [1.54, 1.807) is 5.57 Å². The van der Waals surface area contributed by atoms with E-state index in [4.69, 9.17) is 6.58 Å². The lowest BCUT2D eigenvalue weighted by Crippen LogP contribution is -2.62. The van der Waals surface area contributed by atoms with Crippen LogP contribution in [-0.2, 0) is 0 Å². The monoisotopic (exact) mass is 400 g/mol. The second-order valence-corrected chi connectivity index (χ2v) is 13.2. The van der Waals surface area contributed by atoms with Crippen molar-refractivity contribution in [1.82, 2.24) is 0 Å². The Bertz CT molecular complexity index is 612. The molecule has 0 N–H and O–H groups in total. The molecular weight excluding hydrogens is 348 g/mol. The van der Waals surface area contributed by atoms with Crippen molar-refractivity contribution < 1.29 is 0 Å². The van der Waals surface area contributed by atoms with Crippen molar-refractivity contribution in [3.05, 3.63) is 12.2 Å². The van der Waals surface area contributed by atoms with E-state index in [2.05, 4.69) is 83.1 Å². The molecule has 0 aromatic carbocycles. The van der Waals surface area contributed by atoms with Crippen LogP contribution in [0.2, 0.25) is 0 Å². The first-order chi connectivity index (χ1) is 13.3. The van der Waals surface area contributed by atoms with Gasteiger partial charge < -0.3 is 0 Å². The summed E-state index contributed by atoms with van der Waals surface area (Å²) >= 11 is 0. The van der Waals surface area contributed by atoms with Crippen LogP contribution in [0.1, 0.15) is 83.1 Å². The molecule has 0 bridgehead atoms. The molecule has 0 aliphatic heterocycles. The molecule has 3 aliphatic rings. The van der Waals surface area contributed by atoms with Crippen LogP contribution < -0.4 is 0 Å². The highest BCUT2D eigenvalue weighted by Gasteiger charge is 2.63. The third-order valence-electron chi connectivity index (χ3n) is 12.0. The molecule has 0 radical (unpaired) electrons. The lowest BCUT2D eigenvalue weighted by Gasteiger charge is -2.67. The molecule has 13 atom stereocenters. The molecule has 0 heteroatoms. The molecular formula is C29H52. The van der Waals surface area contributed by atoms with E-state index in [0.717, 1.165) is 65.1 Å². The zero-order chi connectivity index (χ0) is 22.2. The average Bonchev–Trinajstić information content (AvgIpc) is 2.64. The van der Waals surface area contributed by atoms with Crippen LogP contribution in [0.4, 0.5) is 0 Å². The van der Waals surface area contributed by atoms with Gasteiger partial charge in [0.05, 0.1) is 0 Å². The Hall–Kier alpha value is -0.260. The molecule has 0 heterocycles. The minimum Gasteiger partial charge on any atom is -0.0993 e. The number of allylic oxidation sites excluding steroid dienone is 1. The summed E-state index contributed by atoms with van der Waals surface area (Å²) in [4.78, 5) is 0. The van der Waals surface area contributed by atoms with Crippen molar-refractivity contribution in [1.29, 1.82) is 0 Å². The number of hydrogen-bond donors (Lipinski definition) is 0. The molecule has 3 rings (SSSR count). The van der Waals surface area contributed by atoms with Gasteiger partial charge in [0.1, 0.15) is 0 Å². The second kappa shape index (κ2) is 7.70. The second-order valence-electron chi connectivity index (χ2n) is 13.2. The summed E-state index contributed by atoms with van der Waals surface area (Å²) < 4.78 is 0. The fourth-order valence-corrected chi connectivity index (χ4v) is 9.04. The van der Waals surface area contributed by atoms with E-state index in [1.165, 1.54) is 0 Å². The molecule has 3 fully saturated rings. The Kier molecular flexibility index (Phi) is 6.22. The van der Waals surface area contributed by atoms with Crippen LogP contribution in [-0.4, -0.2) is 0 Å². The highest BCUT2D eigenvalue weighted by atomic mass is 14.7. The van der Waals surface area contributed by atoms with E-state index in [1.807, 2.05) is 0 Å². The van der Waals surface area contributed by atoms with Gasteiger partial charge in [0.2, 0.25) is 0 Å². The molecule has 0 aromatic heterocycles. The molecule has 13 unspecified atom stereocenters. The van der Waals surface area contributed by atoms with Crippen LogP contribution in [0.3, 0.4) is 0 Å². The van der Waals surface area contributed by atoms with Gasteiger partial charge in [-0.15, -0.1) is 0 Å². The van der Waals surface area contributed by atoms with Crippen molar-refractivity contribution in [2.45, 2.75) is 83.1 Å². The van der Waals surface area contributed by atoms with Gasteiger partial charge in [0.25, 0.3) is 0 Å². The Morgan fingerprint density at radius 1 is 0.690 bits per heavy atom. The van der Waals surface area contributed by atoms with Crippen molar-refractivity contribution in [3.63, 3.8) is 0 Å². The van der Waals surface area contributed by atoms with Crippen LogP contribution in [0.5, 0.6) is 0 Å². The predicted molar refractivity (Wildman–Crippen MR) is 129 cm³/mol. The Balaban J connectivity index is 2.13. The zero-order valence-corrected chi connectivity index (χ0v) is 21.8. The first-order valence-corrected chi connectivity index (χ1v) is 12.9. The van der Waals surface area contributed by atoms with Gasteiger partial charge in [-0.25, -0.2) is 0 Å². The lowest BCUT2D eigenvalue weighted by atomic mass is 9.37. The van der Waals surface area contributed by atoms with E-state index in [-0.39, 0.29) is 0 Å². The maximum atomic E-state index is 4.90. The molecule has 0 aromatic rings. The smallest absolute Gasteiger partial charge is 0.0138 e. The number of fused-ring (bicyclic) bond motifs is 3. The van der Waals surface area contributed by atoms with Crippen molar-refractivity contribution in [2.24, 2.45) is 88.3 Å². The summed E-state index contributed by atoms with van der Waals surface area (Å²) in [7, 11) is 0. The van der Waals surface area contributed by atoms with Gasteiger partial charge in [-0.1, -0.05) is 95.2 Å². The summed E-state index contributed by atoms with van der Waals surface area (Å²) in [6.07, 6.45) is 0. The van der Waals surface area contributed by atoms with Gasteiger partial charge >= 0.3 is 0 Å². The van der Waals surface area contributed by atoms with Crippen molar-refractivity contribution in [3.8, 4) is 0 Å².